The van der Waals surface area contributed by atoms with E-state index in [2.05, 4.69) is 49.3 Å². The average molecular weight is 445 g/mol. The zero-order valence-corrected chi connectivity index (χ0v) is 18.5. The van der Waals surface area contributed by atoms with E-state index in [1.807, 2.05) is 0 Å². The Hall–Kier alpha value is -3.46. The van der Waals surface area contributed by atoms with Gasteiger partial charge in [-0.05, 0) is 48.6 Å². The molecule has 2 aromatic heterocycles. The monoisotopic (exact) mass is 444 g/mol. The number of hydrogen-bond donors (Lipinski definition) is 3. The highest BCUT2D eigenvalue weighted by Crippen LogP contribution is 2.50. The fourth-order valence-corrected chi connectivity index (χ4v) is 5.79. The molecule has 0 radical (unpaired) electrons. The summed E-state index contributed by atoms with van der Waals surface area (Å²) < 4.78 is 0. The largest absolute Gasteiger partial charge is 0.382 e. The molecule has 2 aliphatic heterocycles. The highest BCUT2D eigenvalue weighted by atomic mass is 16.2. The number of aromatic amines is 1. The van der Waals surface area contributed by atoms with Crippen molar-refractivity contribution in [2.24, 2.45) is 11.1 Å². The zero-order valence-electron chi connectivity index (χ0n) is 18.5. The molecule has 9 heteroatoms. The number of amides is 1. The van der Waals surface area contributed by atoms with Crippen LogP contribution in [0.4, 0.5) is 17.3 Å². The van der Waals surface area contributed by atoms with Gasteiger partial charge in [0.25, 0.3) is 5.91 Å². The number of benzene rings is 1. The first-order valence-electron chi connectivity index (χ1n) is 11.6. The van der Waals surface area contributed by atoms with Crippen molar-refractivity contribution in [3.8, 4) is 0 Å². The Balaban J connectivity index is 1.18. The van der Waals surface area contributed by atoms with Crippen LogP contribution in [0.3, 0.4) is 0 Å². The minimum atomic E-state index is -0.235. The molecule has 1 aromatic carbocycles. The number of hydrogen-bond acceptors (Lipinski definition) is 7. The summed E-state index contributed by atoms with van der Waals surface area (Å²) >= 11 is 0. The third kappa shape index (κ3) is 3.18. The van der Waals surface area contributed by atoms with E-state index in [4.69, 9.17) is 11.5 Å². The predicted octanol–water partition coefficient (Wildman–Crippen LogP) is 2.22. The van der Waals surface area contributed by atoms with Crippen molar-refractivity contribution in [1.29, 1.82) is 0 Å². The van der Waals surface area contributed by atoms with Gasteiger partial charge >= 0.3 is 0 Å². The van der Waals surface area contributed by atoms with E-state index in [-0.39, 0.29) is 28.9 Å². The molecule has 1 unspecified atom stereocenters. The number of carbonyl (C=O) groups excluding carboxylic acids is 1. The SMILES string of the molecule is Nc1nc(N2CCC3(CC2)Cc2ccccc2C3N)cnc1C(=O)N1CCCc2[nH]ncc21. The summed E-state index contributed by atoms with van der Waals surface area (Å²) in [5, 5.41) is 7.04. The fraction of sp³-hybridized carbons (Fsp3) is 0.417. The molecule has 6 rings (SSSR count). The second-order valence-corrected chi connectivity index (χ2v) is 9.46. The average Bonchev–Trinajstić information content (AvgIpc) is 3.42. The maximum absolute atomic E-state index is 13.2. The highest BCUT2D eigenvalue weighted by molar-refractivity contribution is 6.07. The molecule has 1 fully saturated rings. The highest BCUT2D eigenvalue weighted by Gasteiger charge is 2.46. The lowest BCUT2D eigenvalue weighted by Gasteiger charge is -2.42. The Morgan fingerprint density at radius 2 is 1.97 bits per heavy atom. The number of nitrogen functional groups attached to an aromatic ring is 1. The Bertz CT molecular complexity index is 1210. The topological polar surface area (TPSA) is 130 Å². The van der Waals surface area contributed by atoms with Gasteiger partial charge in [0.2, 0.25) is 0 Å². The van der Waals surface area contributed by atoms with Gasteiger partial charge in [-0.15, -0.1) is 0 Å². The Labute approximate surface area is 192 Å². The normalized spacial score (nSPS) is 21.2. The summed E-state index contributed by atoms with van der Waals surface area (Å²) in [5.41, 5.74) is 17.7. The first-order valence-corrected chi connectivity index (χ1v) is 11.6. The smallest absolute Gasteiger partial charge is 0.280 e. The summed E-state index contributed by atoms with van der Waals surface area (Å²) in [5.74, 6) is 0.644. The third-order valence-corrected chi connectivity index (χ3v) is 7.70. The van der Waals surface area contributed by atoms with E-state index >= 15 is 0 Å². The quantitative estimate of drug-likeness (QED) is 0.552. The van der Waals surface area contributed by atoms with Gasteiger partial charge in [0.15, 0.2) is 11.5 Å². The second-order valence-electron chi connectivity index (χ2n) is 9.46. The summed E-state index contributed by atoms with van der Waals surface area (Å²) in [6, 6.07) is 8.61. The lowest BCUT2D eigenvalue weighted by Crippen LogP contribution is -2.44. The van der Waals surface area contributed by atoms with Crippen LogP contribution in [0.2, 0.25) is 0 Å². The number of rotatable bonds is 2. The van der Waals surface area contributed by atoms with Crippen LogP contribution in [0.1, 0.15) is 52.6 Å². The molecule has 0 bridgehead atoms. The number of fused-ring (bicyclic) bond motifs is 2. The summed E-state index contributed by atoms with van der Waals surface area (Å²) in [4.78, 5) is 26.1. The van der Waals surface area contributed by atoms with Gasteiger partial charge in [-0.3, -0.25) is 9.89 Å². The number of nitrogens with two attached hydrogens (primary N) is 2. The van der Waals surface area contributed by atoms with Crippen LogP contribution >= 0.6 is 0 Å². The molecule has 4 heterocycles. The van der Waals surface area contributed by atoms with Crippen molar-refractivity contribution in [3.63, 3.8) is 0 Å². The predicted molar refractivity (Wildman–Crippen MR) is 126 cm³/mol. The minimum absolute atomic E-state index is 0.0735. The Kier molecular flexibility index (Phi) is 4.62. The first kappa shape index (κ1) is 20.2. The van der Waals surface area contributed by atoms with E-state index in [0.29, 0.717) is 12.4 Å². The molecule has 5 N–H and O–H groups in total. The molecule has 9 nitrogen and oxygen atoms in total. The molecule has 3 aromatic rings. The van der Waals surface area contributed by atoms with E-state index in [0.717, 1.165) is 56.6 Å². The van der Waals surface area contributed by atoms with Crippen molar-refractivity contribution in [2.45, 2.75) is 38.1 Å². The lowest BCUT2D eigenvalue weighted by molar-refractivity contribution is 0.0981. The number of piperidine rings is 1. The standard InChI is InChI=1S/C24H28N8O/c25-21-16-5-2-1-4-15(16)12-24(21)7-10-31(11-8-24)19-14-27-20(22(26)29-19)23(33)32-9-3-6-17-18(32)13-28-30-17/h1-2,4-5,13-14,21H,3,6-12,25H2,(H2,26,29)(H,28,30). The summed E-state index contributed by atoms with van der Waals surface area (Å²) in [6.45, 7) is 2.30. The third-order valence-electron chi connectivity index (χ3n) is 7.70. The fourth-order valence-electron chi connectivity index (χ4n) is 5.79. The van der Waals surface area contributed by atoms with E-state index in [9.17, 15) is 4.79 Å². The molecule has 1 spiro atoms. The van der Waals surface area contributed by atoms with Crippen molar-refractivity contribution in [1.82, 2.24) is 20.2 Å². The molecule has 3 aliphatic rings. The van der Waals surface area contributed by atoms with Crippen molar-refractivity contribution < 1.29 is 4.79 Å². The number of carbonyl (C=O) groups is 1. The molecule has 1 aliphatic carbocycles. The molecule has 1 atom stereocenters. The number of anilines is 3. The van der Waals surface area contributed by atoms with Gasteiger partial charge in [-0.25, -0.2) is 9.97 Å². The van der Waals surface area contributed by atoms with Crippen LogP contribution in [0.5, 0.6) is 0 Å². The van der Waals surface area contributed by atoms with Gasteiger partial charge < -0.3 is 21.3 Å². The number of nitrogens with one attached hydrogen (secondary N) is 1. The van der Waals surface area contributed by atoms with Crippen LogP contribution in [0.15, 0.2) is 36.7 Å². The maximum Gasteiger partial charge on any atom is 0.280 e. The van der Waals surface area contributed by atoms with Crippen LogP contribution in [0, 0.1) is 5.41 Å². The van der Waals surface area contributed by atoms with Gasteiger partial charge in [0, 0.05) is 25.7 Å². The van der Waals surface area contributed by atoms with Crippen molar-refractivity contribution >= 4 is 23.2 Å². The molecule has 1 amide bonds. The molecule has 0 saturated carbocycles. The van der Waals surface area contributed by atoms with Gasteiger partial charge in [-0.1, -0.05) is 24.3 Å². The Morgan fingerprint density at radius 1 is 1.15 bits per heavy atom. The molecule has 33 heavy (non-hydrogen) atoms. The number of aryl methyl sites for hydroxylation is 1. The van der Waals surface area contributed by atoms with Gasteiger partial charge in [-0.2, -0.15) is 5.10 Å². The molecular formula is C24H28N8O. The summed E-state index contributed by atoms with van der Waals surface area (Å²) in [6.07, 6.45) is 8.11. The maximum atomic E-state index is 13.2. The van der Waals surface area contributed by atoms with Gasteiger partial charge in [0.05, 0.1) is 23.8 Å². The van der Waals surface area contributed by atoms with Crippen LogP contribution in [-0.4, -0.2) is 45.7 Å². The Morgan fingerprint density at radius 3 is 2.76 bits per heavy atom. The van der Waals surface area contributed by atoms with Crippen molar-refractivity contribution in [2.75, 3.05) is 35.2 Å². The first-order chi connectivity index (χ1) is 16.1. The van der Waals surface area contributed by atoms with Crippen LogP contribution in [-0.2, 0) is 12.8 Å². The number of aromatic nitrogens is 4. The van der Waals surface area contributed by atoms with Gasteiger partial charge in [0.1, 0.15) is 5.82 Å². The van der Waals surface area contributed by atoms with Crippen LogP contribution in [0.25, 0.3) is 0 Å². The van der Waals surface area contributed by atoms with Crippen molar-refractivity contribution in [3.05, 3.63) is 59.2 Å². The summed E-state index contributed by atoms with van der Waals surface area (Å²) in [7, 11) is 0. The second kappa shape index (κ2) is 7.55. The van der Waals surface area contributed by atoms with E-state index in [1.54, 1.807) is 17.3 Å². The minimum Gasteiger partial charge on any atom is -0.382 e. The number of nitrogens with zero attached hydrogens (tertiary/aromatic N) is 5. The number of H-pyrrole nitrogens is 1. The molecule has 170 valence electrons. The molecule has 1 saturated heterocycles. The lowest BCUT2D eigenvalue weighted by atomic mass is 9.73. The van der Waals surface area contributed by atoms with Crippen LogP contribution < -0.4 is 21.3 Å². The van der Waals surface area contributed by atoms with E-state index in [1.165, 1.54) is 11.1 Å². The zero-order chi connectivity index (χ0) is 22.6. The molecular weight excluding hydrogens is 416 g/mol. The van der Waals surface area contributed by atoms with E-state index < -0.39 is 0 Å².